The summed E-state index contributed by atoms with van der Waals surface area (Å²) in [5, 5.41) is 5.26. The summed E-state index contributed by atoms with van der Waals surface area (Å²) in [4.78, 5) is 17.1. The number of hydrogen-bond acceptors (Lipinski definition) is 6. The number of aromatic nitrogens is 1. The van der Waals surface area contributed by atoms with E-state index >= 15 is 0 Å². The standard InChI is InChI=1S/C19H20N2O4S/c1-10-11(2)25-12(3)17(10)18(22)21-19-20-14(9-26-19)13-6-7-15(23-4)16(8-13)24-5/h6-9H,1-5H3,(H,20,21,22). The molecule has 3 aromatic rings. The van der Waals surface area contributed by atoms with Crippen LogP contribution in [0.5, 0.6) is 11.5 Å². The summed E-state index contributed by atoms with van der Waals surface area (Å²) >= 11 is 1.36. The molecule has 0 spiro atoms. The molecular formula is C19H20N2O4S. The molecule has 0 saturated heterocycles. The number of aryl methyl sites for hydroxylation is 2. The van der Waals surface area contributed by atoms with Crippen molar-refractivity contribution in [1.82, 2.24) is 4.98 Å². The van der Waals surface area contributed by atoms with Crippen molar-refractivity contribution >= 4 is 22.4 Å². The van der Waals surface area contributed by atoms with E-state index in [1.54, 1.807) is 21.1 Å². The predicted molar refractivity (Wildman–Crippen MR) is 102 cm³/mol. The Labute approximate surface area is 155 Å². The molecule has 0 bridgehead atoms. The van der Waals surface area contributed by atoms with Gasteiger partial charge in [-0.15, -0.1) is 11.3 Å². The third kappa shape index (κ3) is 3.30. The Morgan fingerprint density at radius 1 is 1.12 bits per heavy atom. The van der Waals surface area contributed by atoms with E-state index in [4.69, 9.17) is 13.9 Å². The summed E-state index contributed by atoms with van der Waals surface area (Å²) in [7, 11) is 3.18. The zero-order chi connectivity index (χ0) is 18.8. The summed E-state index contributed by atoms with van der Waals surface area (Å²) in [6.07, 6.45) is 0. The predicted octanol–water partition coefficient (Wildman–Crippen LogP) is 4.60. The first-order valence-corrected chi connectivity index (χ1v) is 8.88. The third-order valence-electron chi connectivity index (χ3n) is 4.19. The SMILES string of the molecule is COc1ccc(-c2csc(NC(=O)c3c(C)oc(C)c3C)n2)cc1OC. The highest BCUT2D eigenvalue weighted by molar-refractivity contribution is 7.14. The lowest BCUT2D eigenvalue weighted by atomic mass is 10.1. The average molecular weight is 372 g/mol. The molecule has 0 aliphatic heterocycles. The minimum atomic E-state index is -0.218. The number of rotatable bonds is 5. The second-order valence-corrected chi connectivity index (χ2v) is 6.63. The van der Waals surface area contributed by atoms with Crippen LogP contribution in [0.4, 0.5) is 5.13 Å². The lowest BCUT2D eigenvalue weighted by molar-refractivity contribution is 0.102. The van der Waals surface area contributed by atoms with Crippen LogP contribution in [0.2, 0.25) is 0 Å². The Morgan fingerprint density at radius 3 is 2.46 bits per heavy atom. The molecule has 136 valence electrons. The molecule has 0 unspecified atom stereocenters. The number of carbonyl (C=O) groups excluding carboxylic acids is 1. The van der Waals surface area contributed by atoms with E-state index in [1.807, 2.05) is 37.4 Å². The van der Waals surface area contributed by atoms with E-state index in [1.165, 1.54) is 11.3 Å². The fourth-order valence-corrected chi connectivity index (χ4v) is 3.46. The van der Waals surface area contributed by atoms with Crippen molar-refractivity contribution in [2.75, 3.05) is 19.5 Å². The minimum Gasteiger partial charge on any atom is -0.493 e. The van der Waals surface area contributed by atoms with E-state index < -0.39 is 0 Å². The number of ether oxygens (including phenoxy) is 2. The lowest BCUT2D eigenvalue weighted by Crippen LogP contribution is -2.13. The molecule has 7 heteroatoms. The Hall–Kier alpha value is -2.80. The molecule has 2 aromatic heterocycles. The van der Waals surface area contributed by atoms with Gasteiger partial charge in [0.25, 0.3) is 5.91 Å². The van der Waals surface area contributed by atoms with Crippen LogP contribution in [0.3, 0.4) is 0 Å². The number of methoxy groups -OCH3 is 2. The van der Waals surface area contributed by atoms with Crippen LogP contribution in [0, 0.1) is 20.8 Å². The lowest BCUT2D eigenvalue weighted by Gasteiger charge is -2.08. The molecule has 3 rings (SSSR count). The number of nitrogens with one attached hydrogen (secondary N) is 1. The van der Waals surface area contributed by atoms with Gasteiger partial charge in [0.1, 0.15) is 11.5 Å². The number of thiazole rings is 1. The first-order valence-electron chi connectivity index (χ1n) is 8.00. The van der Waals surface area contributed by atoms with Gasteiger partial charge < -0.3 is 13.9 Å². The molecule has 6 nitrogen and oxygen atoms in total. The second-order valence-electron chi connectivity index (χ2n) is 5.78. The van der Waals surface area contributed by atoms with Gasteiger partial charge in [-0.2, -0.15) is 0 Å². The molecule has 0 aliphatic rings. The number of hydrogen-bond donors (Lipinski definition) is 1. The van der Waals surface area contributed by atoms with Gasteiger partial charge in [-0.05, 0) is 39.0 Å². The molecule has 0 radical (unpaired) electrons. The van der Waals surface area contributed by atoms with Gasteiger partial charge >= 0.3 is 0 Å². The van der Waals surface area contributed by atoms with Gasteiger partial charge in [0.15, 0.2) is 16.6 Å². The normalized spacial score (nSPS) is 10.7. The number of nitrogens with zero attached hydrogens (tertiary/aromatic N) is 1. The Bertz CT molecular complexity index is 959. The Morgan fingerprint density at radius 2 is 1.85 bits per heavy atom. The molecule has 2 heterocycles. The van der Waals surface area contributed by atoms with Gasteiger partial charge in [-0.25, -0.2) is 4.98 Å². The van der Waals surface area contributed by atoms with Gasteiger partial charge in [0, 0.05) is 16.5 Å². The van der Waals surface area contributed by atoms with Crippen LogP contribution in [0.1, 0.15) is 27.4 Å². The summed E-state index contributed by atoms with van der Waals surface area (Å²) in [5.74, 6) is 2.42. The van der Waals surface area contributed by atoms with Gasteiger partial charge in [-0.1, -0.05) is 0 Å². The number of amides is 1. The average Bonchev–Trinajstić information content (AvgIpc) is 3.18. The van der Waals surface area contributed by atoms with Gasteiger partial charge in [-0.3, -0.25) is 10.1 Å². The van der Waals surface area contributed by atoms with Crippen molar-refractivity contribution in [3.05, 3.63) is 46.2 Å². The Kier molecular flexibility index (Phi) is 4.99. The maximum absolute atomic E-state index is 12.6. The first-order chi connectivity index (χ1) is 12.4. The van der Waals surface area contributed by atoms with Gasteiger partial charge in [0.2, 0.25) is 0 Å². The van der Waals surface area contributed by atoms with Crippen LogP contribution in [0.25, 0.3) is 11.3 Å². The minimum absolute atomic E-state index is 0.218. The van der Waals surface area contributed by atoms with Crippen LogP contribution < -0.4 is 14.8 Å². The number of carbonyl (C=O) groups is 1. The van der Waals surface area contributed by atoms with Crippen molar-refractivity contribution in [3.63, 3.8) is 0 Å². The van der Waals surface area contributed by atoms with Crippen molar-refractivity contribution < 1.29 is 18.7 Å². The fourth-order valence-electron chi connectivity index (χ4n) is 2.75. The smallest absolute Gasteiger partial charge is 0.261 e. The maximum atomic E-state index is 12.6. The highest BCUT2D eigenvalue weighted by Gasteiger charge is 2.20. The van der Waals surface area contributed by atoms with E-state index in [0.29, 0.717) is 28.0 Å². The monoisotopic (exact) mass is 372 g/mol. The van der Waals surface area contributed by atoms with Crippen LogP contribution >= 0.6 is 11.3 Å². The largest absolute Gasteiger partial charge is 0.493 e. The zero-order valence-corrected chi connectivity index (χ0v) is 16.1. The van der Waals surface area contributed by atoms with Crippen LogP contribution in [-0.4, -0.2) is 25.1 Å². The topological polar surface area (TPSA) is 73.6 Å². The molecule has 26 heavy (non-hydrogen) atoms. The third-order valence-corrected chi connectivity index (χ3v) is 4.95. The van der Waals surface area contributed by atoms with E-state index in [2.05, 4.69) is 10.3 Å². The maximum Gasteiger partial charge on any atom is 0.261 e. The summed E-state index contributed by atoms with van der Waals surface area (Å²) in [6.45, 7) is 5.50. The highest BCUT2D eigenvalue weighted by Crippen LogP contribution is 2.33. The molecule has 0 saturated carbocycles. The van der Waals surface area contributed by atoms with Crippen molar-refractivity contribution in [3.8, 4) is 22.8 Å². The molecule has 0 aliphatic carbocycles. The zero-order valence-electron chi connectivity index (χ0n) is 15.3. The van der Waals surface area contributed by atoms with Crippen molar-refractivity contribution in [2.45, 2.75) is 20.8 Å². The van der Waals surface area contributed by atoms with E-state index in [0.717, 1.165) is 22.6 Å². The molecule has 1 N–H and O–H groups in total. The summed E-state index contributed by atoms with van der Waals surface area (Å²) in [6, 6.07) is 5.58. The van der Waals surface area contributed by atoms with E-state index in [-0.39, 0.29) is 5.91 Å². The Balaban J connectivity index is 1.83. The highest BCUT2D eigenvalue weighted by atomic mass is 32.1. The van der Waals surface area contributed by atoms with Crippen molar-refractivity contribution in [2.24, 2.45) is 0 Å². The molecule has 1 aromatic carbocycles. The van der Waals surface area contributed by atoms with Crippen molar-refractivity contribution in [1.29, 1.82) is 0 Å². The fraction of sp³-hybridized carbons (Fsp3) is 0.263. The molecular weight excluding hydrogens is 352 g/mol. The van der Waals surface area contributed by atoms with Gasteiger partial charge in [0.05, 0.1) is 25.5 Å². The second kappa shape index (κ2) is 7.21. The van der Waals surface area contributed by atoms with Crippen LogP contribution in [0.15, 0.2) is 28.0 Å². The number of furan rings is 1. The van der Waals surface area contributed by atoms with E-state index in [9.17, 15) is 4.79 Å². The number of benzene rings is 1. The molecule has 0 fully saturated rings. The van der Waals surface area contributed by atoms with Crippen LogP contribution in [-0.2, 0) is 0 Å². The molecule has 1 amide bonds. The number of anilines is 1. The molecule has 0 atom stereocenters. The first kappa shape index (κ1) is 18.0. The quantitative estimate of drug-likeness (QED) is 0.709. The summed E-state index contributed by atoms with van der Waals surface area (Å²) < 4.78 is 16.1. The summed E-state index contributed by atoms with van der Waals surface area (Å²) in [5.41, 5.74) is 3.04.